The number of anilines is 2. The molecule has 3 nitrogen and oxygen atoms in total. The number of hydrogen-bond donors (Lipinski definition) is 2. The zero-order valence-electron chi connectivity index (χ0n) is 13.3. The highest BCUT2D eigenvalue weighted by Gasteiger charge is 2.21. The second-order valence-electron chi connectivity index (χ2n) is 6.63. The minimum atomic E-state index is 0.836. The molecule has 0 aromatic heterocycles. The number of nitrogens with zero attached hydrogens (tertiary/aromatic N) is 1. The predicted octanol–water partition coefficient (Wildman–Crippen LogP) is 2.87. The quantitative estimate of drug-likeness (QED) is 0.708. The van der Waals surface area contributed by atoms with Gasteiger partial charge in [-0.3, -0.25) is 4.48 Å². The first-order valence-corrected chi connectivity index (χ1v) is 8.02. The van der Waals surface area contributed by atoms with Crippen LogP contribution < -0.4 is 14.7 Å². The lowest BCUT2D eigenvalue weighted by Gasteiger charge is -2.27. The monoisotopic (exact) mass is 301 g/mol. The lowest BCUT2D eigenvalue weighted by atomic mass is 10.2. The molecule has 21 heavy (non-hydrogen) atoms. The fourth-order valence-corrected chi connectivity index (χ4v) is 3.46. The maximum absolute atomic E-state index is 3.55. The lowest BCUT2D eigenvalue weighted by molar-refractivity contribution is -0.786. The van der Waals surface area contributed by atoms with Gasteiger partial charge < -0.3 is 10.2 Å². The van der Waals surface area contributed by atoms with E-state index in [0.29, 0.717) is 0 Å². The summed E-state index contributed by atoms with van der Waals surface area (Å²) in [7, 11) is 10.9. The van der Waals surface area contributed by atoms with Crippen LogP contribution in [-0.4, -0.2) is 35.2 Å². The molecule has 0 aliphatic carbocycles. The molecule has 0 bridgehead atoms. The van der Waals surface area contributed by atoms with Crippen LogP contribution >= 0.6 is 11.8 Å². The third-order valence-electron chi connectivity index (χ3n) is 3.79. The van der Waals surface area contributed by atoms with Crippen LogP contribution in [0.4, 0.5) is 22.7 Å². The molecule has 0 spiro atoms. The second kappa shape index (κ2) is 5.05. The summed E-state index contributed by atoms with van der Waals surface area (Å²) >= 11 is 1.86. The third-order valence-corrected chi connectivity index (χ3v) is 4.90. The van der Waals surface area contributed by atoms with Gasteiger partial charge in [0.2, 0.25) is 0 Å². The van der Waals surface area contributed by atoms with Crippen LogP contribution in [0.25, 0.3) is 0 Å². The largest absolute Gasteiger partial charge is 0.354 e. The molecule has 0 radical (unpaired) electrons. The minimum Gasteiger partial charge on any atom is -0.354 e. The van der Waals surface area contributed by atoms with Crippen LogP contribution in [0.3, 0.4) is 0 Å². The van der Waals surface area contributed by atoms with Crippen LogP contribution in [0.5, 0.6) is 0 Å². The summed E-state index contributed by atoms with van der Waals surface area (Å²) < 4.78 is 0.836. The van der Waals surface area contributed by atoms with E-state index in [0.717, 1.165) is 4.48 Å². The van der Waals surface area contributed by atoms with E-state index >= 15 is 0 Å². The van der Waals surface area contributed by atoms with Gasteiger partial charge in [-0.15, -0.1) is 0 Å². The van der Waals surface area contributed by atoms with Crippen LogP contribution in [0.15, 0.2) is 46.2 Å². The number of quaternary nitrogens is 2. The fraction of sp³-hybridized carbons (Fsp3) is 0.294. The van der Waals surface area contributed by atoms with Crippen LogP contribution in [0.2, 0.25) is 0 Å². The van der Waals surface area contributed by atoms with Crippen LogP contribution in [0, 0.1) is 0 Å². The Balaban J connectivity index is 2.00. The van der Waals surface area contributed by atoms with Gasteiger partial charge in [-0.05, 0) is 12.1 Å². The van der Waals surface area contributed by atoms with Gasteiger partial charge in [0.25, 0.3) is 0 Å². The van der Waals surface area contributed by atoms with Crippen molar-refractivity contribution in [3.63, 3.8) is 0 Å². The molecule has 0 fully saturated rings. The predicted molar refractivity (Wildman–Crippen MR) is 92.3 cm³/mol. The van der Waals surface area contributed by atoms with Crippen LogP contribution in [0.1, 0.15) is 0 Å². The van der Waals surface area contributed by atoms with Crippen molar-refractivity contribution in [1.29, 1.82) is 0 Å². The molecule has 1 aliphatic rings. The molecule has 2 aromatic rings. The first kappa shape index (κ1) is 14.4. The molecule has 0 saturated carbocycles. The van der Waals surface area contributed by atoms with Gasteiger partial charge in [0, 0.05) is 34.1 Å². The van der Waals surface area contributed by atoms with E-state index in [9.17, 15) is 0 Å². The molecule has 2 N–H and O–H groups in total. The molecular formula is C17H23N3S+2. The molecule has 0 unspecified atom stereocenters. The van der Waals surface area contributed by atoms with Crippen molar-refractivity contribution in [2.24, 2.45) is 0 Å². The molecule has 0 saturated heterocycles. The maximum atomic E-state index is 3.55. The summed E-state index contributed by atoms with van der Waals surface area (Å²) in [6.07, 6.45) is 0. The molecule has 110 valence electrons. The maximum Gasteiger partial charge on any atom is 0.133 e. The smallest absolute Gasteiger partial charge is 0.133 e. The summed E-state index contributed by atoms with van der Waals surface area (Å²) in [6, 6.07) is 13.3. The van der Waals surface area contributed by atoms with Crippen molar-refractivity contribution < 1.29 is 4.90 Å². The molecule has 1 aliphatic heterocycles. The van der Waals surface area contributed by atoms with E-state index in [1.807, 2.05) is 11.8 Å². The highest BCUT2D eigenvalue weighted by molar-refractivity contribution is 7.99. The highest BCUT2D eigenvalue weighted by Crippen LogP contribution is 2.46. The first-order chi connectivity index (χ1) is 9.84. The first-order valence-electron chi connectivity index (χ1n) is 7.20. The average Bonchev–Trinajstić information content (AvgIpc) is 2.42. The van der Waals surface area contributed by atoms with Crippen molar-refractivity contribution in [3.05, 3.63) is 36.4 Å². The number of nitrogens with one attached hydrogen (secondary N) is 2. The molecule has 0 atom stereocenters. The highest BCUT2D eigenvalue weighted by atomic mass is 32.2. The van der Waals surface area contributed by atoms with E-state index < -0.39 is 0 Å². The van der Waals surface area contributed by atoms with Crippen molar-refractivity contribution in [2.45, 2.75) is 9.79 Å². The van der Waals surface area contributed by atoms with E-state index in [1.54, 1.807) is 0 Å². The molecule has 1 heterocycles. The van der Waals surface area contributed by atoms with Gasteiger partial charge >= 0.3 is 0 Å². The number of benzene rings is 2. The van der Waals surface area contributed by atoms with Crippen molar-refractivity contribution >= 4 is 34.5 Å². The van der Waals surface area contributed by atoms with Crippen molar-refractivity contribution in [3.8, 4) is 0 Å². The summed E-state index contributed by atoms with van der Waals surface area (Å²) in [5.74, 6) is 0. The Kier molecular flexibility index (Phi) is 3.48. The van der Waals surface area contributed by atoms with E-state index in [1.165, 1.54) is 37.4 Å². The van der Waals surface area contributed by atoms with E-state index in [2.05, 4.69) is 77.0 Å². The van der Waals surface area contributed by atoms with Gasteiger partial charge in [-0.25, -0.2) is 0 Å². The number of rotatable bonds is 2. The lowest BCUT2D eigenvalue weighted by Crippen LogP contribution is -3.00. The van der Waals surface area contributed by atoms with Gasteiger partial charge in [0.15, 0.2) is 0 Å². The second-order valence-corrected chi connectivity index (χ2v) is 7.71. The summed E-state index contributed by atoms with van der Waals surface area (Å²) in [6.45, 7) is 0. The number of fused-ring (bicyclic) bond motifs is 2. The molecular weight excluding hydrogens is 278 g/mol. The number of hydrogen-bond acceptors (Lipinski definition) is 2. The Morgan fingerprint density at radius 1 is 0.905 bits per heavy atom. The molecule has 4 heteroatoms. The van der Waals surface area contributed by atoms with Gasteiger partial charge in [-0.2, -0.15) is 0 Å². The van der Waals surface area contributed by atoms with Gasteiger partial charge in [0.1, 0.15) is 11.4 Å². The Bertz CT molecular complexity index is 687. The zero-order chi connectivity index (χ0) is 15.2. The molecule has 0 amide bonds. The summed E-state index contributed by atoms with van der Waals surface area (Å²) in [5.41, 5.74) is 5.04. The van der Waals surface area contributed by atoms with Gasteiger partial charge in [0.05, 0.1) is 46.6 Å². The van der Waals surface area contributed by atoms with Gasteiger partial charge in [-0.1, -0.05) is 11.8 Å². The molecule has 3 rings (SSSR count). The summed E-state index contributed by atoms with van der Waals surface area (Å²) in [4.78, 5) is 3.96. The van der Waals surface area contributed by atoms with Crippen molar-refractivity contribution in [2.75, 3.05) is 40.6 Å². The Hall–Kier alpha value is -1.49. The SMILES string of the molecule is C[NH+](C)c1ccc2c(c1)Sc1cc([N+](C)(C)C)ccc1N2. The van der Waals surface area contributed by atoms with E-state index in [4.69, 9.17) is 0 Å². The Morgan fingerprint density at radius 2 is 1.52 bits per heavy atom. The summed E-state index contributed by atoms with van der Waals surface area (Å²) in [5, 5.41) is 3.55. The average molecular weight is 301 g/mol. The zero-order valence-corrected chi connectivity index (χ0v) is 14.1. The standard InChI is InChI=1S/C17H22N3S/c1-19(2)12-6-8-14-16(10-12)21-17-11-13(20(3,4)5)7-9-15(17)18-14/h6-11,18H,1-5H3/q+1/p+1. The minimum absolute atomic E-state index is 0.836. The fourth-order valence-electron chi connectivity index (χ4n) is 2.40. The normalized spacial score (nSPS) is 13.6. The van der Waals surface area contributed by atoms with Crippen molar-refractivity contribution in [1.82, 2.24) is 4.48 Å². The van der Waals surface area contributed by atoms with E-state index in [-0.39, 0.29) is 0 Å². The Labute approximate surface area is 131 Å². The van der Waals surface area contributed by atoms with Crippen LogP contribution in [-0.2, 0) is 0 Å². The topological polar surface area (TPSA) is 16.5 Å². The third kappa shape index (κ3) is 2.79. The Morgan fingerprint density at radius 3 is 2.14 bits per heavy atom. The molecule has 2 aromatic carbocycles.